The van der Waals surface area contributed by atoms with E-state index in [1.807, 2.05) is 24.3 Å². The van der Waals surface area contributed by atoms with E-state index < -0.39 is 0 Å². The zero-order chi connectivity index (χ0) is 21.9. The first-order valence-electron chi connectivity index (χ1n) is 10.7. The van der Waals surface area contributed by atoms with Crippen LogP contribution in [0.4, 0.5) is 5.95 Å². The van der Waals surface area contributed by atoms with Crippen LogP contribution in [-0.4, -0.2) is 55.3 Å². The Morgan fingerprint density at radius 1 is 0.938 bits per heavy atom. The van der Waals surface area contributed by atoms with Gasteiger partial charge in [0, 0.05) is 49.4 Å². The summed E-state index contributed by atoms with van der Waals surface area (Å²) >= 11 is 0. The van der Waals surface area contributed by atoms with Gasteiger partial charge in [0.25, 0.3) is 0 Å². The Morgan fingerprint density at radius 3 is 2.59 bits per heavy atom. The summed E-state index contributed by atoms with van der Waals surface area (Å²) in [7, 11) is 3.32. The topological polar surface area (TPSA) is 63.9 Å². The third kappa shape index (κ3) is 4.11. The van der Waals surface area contributed by atoms with Gasteiger partial charge in [0.15, 0.2) is 0 Å². The molecule has 1 aliphatic heterocycles. The van der Waals surface area contributed by atoms with Gasteiger partial charge < -0.3 is 18.8 Å². The fourth-order valence-corrected chi connectivity index (χ4v) is 4.15. The third-order valence-electron chi connectivity index (χ3n) is 5.85. The number of aromatic nitrogens is 2. The Labute approximate surface area is 187 Å². The van der Waals surface area contributed by atoms with Crippen molar-refractivity contribution >= 4 is 16.9 Å². The molecular weight excluding hydrogens is 404 g/mol. The van der Waals surface area contributed by atoms with Crippen LogP contribution in [0.25, 0.3) is 22.1 Å². The quantitative estimate of drug-likeness (QED) is 0.454. The van der Waals surface area contributed by atoms with Crippen molar-refractivity contribution in [3.63, 3.8) is 0 Å². The molecule has 0 radical (unpaired) electrons. The lowest BCUT2D eigenvalue weighted by molar-refractivity contribution is 0.231. The number of ether oxygens (including phenoxy) is 2. The fourth-order valence-electron chi connectivity index (χ4n) is 4.15. The molecule has 3 heterocycles. The molecule has 0 amide bonds. The highest BCUT2D eigenvalue weighted by Gasteiger charge is 2.20. The summed E-state index contributed by atoms with van der Waals surface area (Å²) in [6, 6.07) is 18.3. The number of anilines is 1. The summed E-state index contributed by atoms with van der Waals surface area (Å²) in [4.78, 5) is 13.4. The second kappa shape index (κ2) is 8.88. The van der Waals surface area contributed by atoms with E-state index in [0.29, 0.717) is 5.88 Å². The Bertz CT molecular complexity index is 1210. The third-order valence-corrected chi connectivity index (χ3v) is 5.85. The maximum Gasteiger partial charge on any atom is 0.228 e. The second-order valence-corrected chi connectivity index (χ2v) is 7.83. The van der Waals surface area contributed by atoms with Crippen LogP contribution in [0.5, 0.6) is 11.6 Å². The first-order chi connectivity index (χ1) is 15.7. The Hall–Kier alpha value is -3.58. The lowest BCUT2D eigenvalue weighted by Crippen LogP contribution is -2.46. The number of nitrogens with zero attached hydrogens (tertiary/aromatic N) is 4. The van der Waals surface area contributed by atoms with Crippen molar-refractivity contribution < 1.29 is 13.9 Å². The molecule has 1 fully saturated rings. The van der Waals surface area contributed by atoms with Crippen LogP contribution in [0.1, 0.15) is 5.76 Å². The normalized spacial score (nSPS) is 14.6. The van der Waals surface area contributed by atoms with Gasteiger partial charge in [-0.2, -0.15) is 4.98 Å². The molecule has 0 bridgehead atoms. The van der Waals surface area contributed by atoms with Gasteiger partial charge in [-0.05, 0) is 29.8 Å². The lowest BCUT2D eigenvalue weighted by Gasteiger charge is -2.34. The standard InChI is InChI=1S/C25H26N4O3/c1-30-23-6-4-3-5-21(23)18-7-8-22-19(15-18)16-20(32-22)17-28-11-13-29(14-12-28)25-26-10-9-24(27-25)31-2/h3-10,15-16H,11-14,17H2,1-2H3. The van der Waals surface area contributed by atoms with Crippen molar-refractivity contribution in [1.29, 1.82) is 0 Å². The van der Waals surface area contributed by atoms with Crippen LogP contribution < -0.4 is 14.4 Å². The van der Waals surface area contributed by atoms with Gasteiger partial charge in [0.05, 0.1) is 20.8 Å². The van der Waals surface area contributed by atoms with Crippen LogP contribution >= 0.6 is 0 Å². The lowest BCUT2D eigenvalue weighted by atomic mass is 10.0. The molecule has 4 aromatic rings. The van der Waals surface area contributed by atoms with E-state index in [4.69, 9.17) is 13.9 Å². The number of para-hydroxylation sites is 1. The highest BCUT2D eigenvalue weighted by Crippen LogP contribution is 2.32. The van der Waals surface area contributed by atoms with Crippen LogP contribution in [-0.2, 0) is 6.54 Å². The van der Waals surface area contributed by atoms with E-state index in [9.17, 15) is 0 Å². The summed E-state index contributed by atoms with van der Waals surface area (Å²) in [6.07, 6.45) is 1.74. The molecule has 0 atom stereocenters. The average molecular weight is 431 g/mol. The molecule has 0 N–H and O–H groups in total. The van der Waals surface area contributed by atoms with Gasteiger partial charge in [0.2, 0.25) is 11.8 Å². The number of methoxy groups -OCH3 is 2. The van der Waals surface area contributed by atoms with Gasteiger partial charge in [-0.25, -0.2) is 4.98 Å². The van der Waals surface area contributed by atoms with E-state index >= 15 is 0 Å². The molecule has 0 spiro atoms. The number of hydrogen-bond acceptors (Lipinski definition) is 7. The number of piperazine rings is 1. The minimum atomic E-state index is 0.590. The molecule has 7 heteroatoms. The Kier molecular flexibility index (Phi) is 5.64. The van der Waals surface area contributed by atoms with E-state index in [2.05, 4.69) is 44.0 Å². The molecule has 32 heavy (non-hydrogen) atoms. The molecule has 0 unspecified atom stereocenters. The largest absolute Gasteiger partial charge is 0.496 e. The summed E-state index contributed by atoms with van der Waals surface area (Å²) < 4.78 is 16.9. The van der Waals surface area contributed by atoms with Gasteiger partial charge in [-0.1, -0.05) is 24.3 Å². The number of fused-ring (bicyclic) bond motifs is 1. The zero-order valence-electron chi connectivity index (χ0n) is 18.3. The van der Waals surface area contributed by atoms with E-state index in [1.54, 1.807) is 26.5 Å². The molecule has 7 nitrogen and oxygen atoms in total. The molecular formula is C25H26N4O3. The predicted octanol–water partition coefficient (Wildman–Crippen LogP) is 4.23. The number of rotatable bonds is 6. The number of benzene rings is 2. The van der Waals surface area contributed by atoms with Crippen LogP contribution in [0.3, 0.4) is 0 Å². The Morgan fingerprint density at radius 2 is 1.78 bits per heavy atom. The molecule has 1 aliphatic rings. The fraction of sp³-hybridized carbons (Fsp3) is 0.280. The molecule has 2 aromatic carbocycles. The van der Waals surface area contributed by atoms with Gasteiger partial charge in [0.1, 0.15) is 17.1 Å². The van der Waals surface area contributed by atoms with E-state index in [0.717, 1.165) is 72.3 Å². The summed E-state index contributed by atoms with van der Waals surface area (Å²) in [5.41, 5.74) is 3.10. The Balaban J connectivity index is 1.27. The molecule has 0 aliphatic carbocycles. The van der Waals surface area contributed by atoms with Crippen molar-refractivity contribution in [2.24, 2.45) is 0 Å². The van der Waals surface area contributed by atoms with Crippen molar-refractivity contribution in [3.8, 4) is 22.8 Å². The predicted molar refractivity (Wildman–Crippen MR) is 124 cm³/mol. The highest BCUT2D eigenvalue weighted by atomic mass is 16.5. The van der Waals surface area contributed by atoms with Gasteiger partial charge in [-0.15, -0.1) is 0 Å². The van der Waals surface area contributed by atoms with E-state index in [1.165, 1.54) is 0 Å². The molecule has 5 rings (SSSR count). The van der Waals surface area contributed by atoms with Crippen LogP contribution in [0, 0.1) is 0 Å². The summed E-state index contributed by atoms with van der Waals surface area (Å²) in [6.45, 7) is 4.36. The highest BCUT2D eigenvalue weighted by molar-refractivity contribution is 5.85. The van der Waals surface area contributed by atoms with Crippen molar-refractivity contribution in [3.05, 3.63) is 66.6 Å². The molecule has 1 saturated heterocycles. The smallest absolute Gasteiger partial charge is 0.228 e. The first kappa shape index (κ1) is 20.3. The molecule has 0 saturated carbocycles. The number of furan rings is 1. The van der Waals surface area contributed by atoms with Gasteiger partial charge >= 0.3 is 0 Å². The molecule has 2 aromatic heterocycles. The van der Waals surface area contributed by atoms with Gasteiger partial charge in [-0.3, -0.25) is 4.90 Å². The van der Waals surface area contributed by atoms with E-state index in [-0.39, 0.29) is 0 Å². The monoisotopic (exact) mass is 430 g/mol. The maximum absolute atomic E-state index is 6.13. The van der Waals surface area contributed by atoms with Crippen LogP contribution in [0.15, 0.2) is 65.2 Å². The first-order valence-corrected chi connectivity index (χ1v) is 10.7. The minimum Gasteiger partial charge on any atom is -0.496 e. The van der Waals surface area contributed by atoms with Crippen LogP contribution in [0.2, 0.25) is 0 Å². The van der Waals surface area contributed by atoms with Crippen molar-refractivity contribution in [2.75, 3.05) is 45.3 Å². The zero-order valence-corrected chi connectivity index (χ0v) is 18.3. The summed E-state index contributed by atoms with van der Waals surface area (Å²) in [5.74, 6) is 3.15. The second-order valence-electron chi connectivity index (χ2n) is 7.83. The average Bonchev–Trinajstić information content (AvgIpc) is 3.26. The maximum atomic E-state index is 6.13. The minimum absolute atomic E-state index is 0.590. The SMILES string of the molecule is COc1ccnc(N2CCN(Cc3cc4cc(-c5ccccc5OC)ccc4o3)CC2)n1. The molecule has 164 valence electrons. The van der Waals surface area contributed by atoms with Crippen molar-refractivity contribution in [2.45, 2.75) is 6.54 Å². The summed E-state index contributed by atoms with van der Waals surface area (Å²) in [5, 5.41) is 1.10. The van der Waals surface area contributed by atoms with Crippen molar-refractivity contribution in [1.82, 2.24) is 14.9 Å². The number of hydrogen-bond donors (Lipinski definition) is 0.